The van der Waals surface area contributed by atoms with Crippen LogP contribution >= 0.6 is 24.0 Å². The average Bonchev–Trinajstić information content (AvgIpc) is 2.89. The molecule has 0 unspecified atom stereocenters. The molecule has 23 heavy (non-hydrogen) atoms. The summed E-state index contributed by atoms with van der Waals surface area (Å²) in [6.45, 7) is 15.1. The number of aliphatic imine (C=N–C) groups is 1. The van der Waals surface area contributed by atoms with Crippen LogP contribution in [-0.4, -0.2) is 24.0 Å². The topological polar surface area (TPSA) is 62.5 Å². The molecule has 1 aromatic rings. The first kappa shape index (κ1) is 22.2. The molecule has 0 aliphatic rings. The van der Waals surface area contributed by atoms with E-state index in [4.69, 9.17) is 4.42 Å². The number of hydrogen-bond acceptors (Lipinski definition) is 3. The maximum atomic E-state index is 5.76. The molecule has 0 aliphatic carbocycles. The number of hydrogen-bond donors (Lipinski definition) is 2. The number of halogens is 1. The summed E-state index contributed by atoms with van der Waals surface area (Å²) in [5, 5.41) is 6.60. The Kier molecular flexibility index (Phi) is 10.5. The molecule has 0 aromatic carbocycles. The molecule has 5 nitrogen and oxygen atoms in total. The molecule has 0 radical (unpaired) electrons. The van der Waals surface area contributed by atoms with Crippen LogP contribution in [0.4, 0.5) is 0 Å². The highest BCUT2D eigenvalue weighted by atomic mass is 127. The molecular weight excluding hydrogens is 403 g/mol. The van der Waals surface area contributed by atoms with Crippen molar-refractivity contribution in [3.05, 3.63) is 17.8 Å². The van der Waals surface area contributed by atoms with Gasteiger partial charge in [-0.15, -0.1) is 24.0 Å². The van der Waals surface area contributed by atoms with Gasteiger partial charge in [-0.25, -0.2) is 9.98 Å². The first-order valence-corrected chi connectivity index (χ1v) is 8.30. The van der Waals surface area contributed by atoms with Crippen molar-refractivity contribution < 1.29 is 4.42 Å². The Morgan fingerprint density at radius 2 is 2.00 bits per heavy atom. The van der Waals surface area contributed by atoms with Crippen molar-refractivity contribution in [1.29, 1.82) is 0 Å². The van der Waals surface area contributed by atoms with Gasteiger partial charge in [0.15, 0.2) is 5.96 Å². The standard InChI is InChI=1S/C17H32N4O.HI/c1-7-18-16(19-10-8-9-13(2)3)21-12-15-20-11-14(22-15)17(4,5)6;/h11,13H,7-10,12H2,1-6H3,(H2,18,19,21);1H. The van der Waals surface area contributed by atoms with Gasteiger partial charge in [0, 0.05) is 18.5 Å². The lowest BCUT2D eigenvalue weighted by Gasteiger charge is -2.13. The molecular formula is C17H33IN4O. The zero-order valence-electron chi connectivity index (χ0n) is 15.4. The molecule has 0 atom stereocenters. The van der Waals surface area contributed by atoms with E-state index < -0.39 is 0 Å². The second-order valence-corrected chi connectivity index (χ2v) is 7.03. The molecule has 0 saturated carbocycles. The van der Waals surface area contributed by atoms with Crippen LogP contribution in [0.5, 0.6) is 0 Å². The van der Waals surface area contributed by atoms with E-state index in [0.29, 0.717) is 12.4 Å². The number of aromatic nitrogens is 1. The quantitative estimate of drug-likeness (QED) is 0.293. The van der Waals surface area contributed by atoms with Crippen LogP contribution in [-0.2, 0) is 12.0 Å². The first-order chi connectivity index (χ1) is 10.3. The van der Waals surface area contributed by atoms with E-state index in [-0.39, 0.29) is 29.4 Å². The highest BCUT2D eigenvalue weighted by Gasteiger charge is 2.18. The van der Waals surface area contributed by atoms with Gasteiger partial charge in [0.1, 0.15) is 12.3 Å². The van der Waals surface area contributed by atoms with E-state index in [1.165, 1.54) is 6.42 Å². The summed E-state index contributed by atoms with van der Waals surface area (Å²) in [5.74, 6) is 3.11. The number of nitrogens with zero attached hydrogens (tertiary/aromatic N) is 2. The zero-order chi connectivity index (χ0) is 16.6. The fourth-order valence-corrected chi connectivity index (χ4v) is 1.94. The molecule has 0 fully saturated rings. The lowest BCUT2D eigenvalue weighted by molar-refractivity contribution is 0.383. The zero-order valence-corrected chi connectivity index (χ0v) is 17.7. The molecule has 134 valence electrons. The molecule has 0 spiro atoms. The predicted octanol–water partition coefficient (Wildman–Crippen LogP) is 4.08. The maximum Gasteiger partial charge on any atom is 0.216 e. The molecule has 6 heteroatoms. The second-order valence-electron chi connectivity index (χ2n) is 7.03. The van der Waals surface area contributed by atoms with Crippen molar-refractivity contribution in [3.63, 3.8) is 0 Å². The van der Waals surface area contributed by atoms with Gasteiger partial charge in [0.25, 0.3) is 0 Å². The largest absolute Gasteiger partial charge is 0.443 e. The summed E-state index contributed by atoms with van der Waals surface area (Å²) in [6, 6.07) is 0. The third-order valence-corrected chi connectivity index (χ3v) is 3.26. The molecule has 0 bridgehead atoms. The van der Waals surface area contributed by atoms with Gasteiger partial charge in [-0.3, -0.25) is 0 Å². The normalized spacial score (nSPS) is 12.2. The van der Waals surface area contributed by atoms with E-state index in [9.17, 15) is 0 Å². The monoisotopic (exact) mass is 436 g/mol. The van der Waals surface area contributed by atoms with Gasteiger partial charge in [0.2, 0.25) is 5.89 Å². The molecule has 1 heterocycles. The fraction of sp³-hybridized carbons (Fsp3) is 0.765. The lowest BCUT2D eigenvalue weighted by Crippen LogP contribution is -2.37. The van der Waals surface area contributed by atoms with Crippen LogP contribution in [0.2, 0.25) is 0 Å². The van der Waals surface area contributed by atoms with Crippen LogP contribution < -0.4 is 10.6 Å². The summed E-state index contributed by atoms with van der Waals surface area (Å²) in [7, 11) is 0. The summed E-state index contributed by atoms with van der Waals surface area (Å²) in [4.78, 5) is 8.84. The highest BCUT2D eigenvalue weighted by Crippen LogP contribution is 2.22. The van der Waals surface area contributed by atoms with E-state index in [1.54, 1.807) is 6.20 Å². The van der Waals surface area contributed by atoms with Gasteiger partial charge in [0.05, 0.1) is 6.20 Å². The van der Waals surface area contributed by atoms with Crippen molar-refractivity contribution >= 4 is 29.9 Å². The van der Waals surface area contributed by atoms with E-state index >= 15 is 0 Å². The molecule has 0 saturated heterocycles. The Morgan fingerprint density at radius 3 is 2.52 bits per heavy atom. The number of guanidine groups is 1. The van der Waals surface area contributed by atoms with Crippen molar-refractivity contribution in [2.75, 3.05) is 13.1 Å². The number of oxazole rings is 1. The third-order valence-electron chi connectivity index (χ3n) is 3.26. The lowest BCUT2D eigenvalue weighted by atomic mass is 9.94. The van der Waals surface area contributed by atoms with Crippen LogP contribution in [0.25, 0.3) is 0 Å². The van der Waals surface area contributed by atoms with Crippen molar-refractivity contribution in [2.24, 2.45) is 10.9 Å². The Balaban J connectivity index is 0.00000484. The minimum Gasteiger partial charge on any atom is -0.443 e. The molecule has 1 aromatic heterocycles. The van der Waals surface area contributed by atoms with Crippen molar-refractivity contribution in [2.45, 2.75) is 66.3 Å². The van der Waals surface area contributed by atoms with Crippen molar-refractivity contribution in [1.82, 2.24) is 15.6 Å². The first-order valence-electron chi connectivity index (χ1n) is 8.30. The molecule has 2 N–H and O–H groups in total. The van der Waals surface area contributed by atoms with Crippen molar-refractivity contribution in [3.8, 4) is 0 Å². The summed E-state index contributed by atoms with van der Waals surface area (Å²) < 4.78 is 5.76. The van der Waals surface area contributed by atoms with Gasteiger partial charge < -0.3 is 15.1 Å². The van der Waals surface area contributed by atoms with Gasteiger partial charge in [-0.05, 0) is 25.7 Å². The predicted molar refractivity (Wildman–Crippen MR) is 108 cm³/mol. The summed E-state index contributed by atoms with van der Waals surface area (Å²) in [5.41, 5.74) is -0.0193. The minimum absolute atomic E-state index is 0. The van der Waals surface area contributed by atoms with Gasteiger partial charge in [-0.1, -0.05) is 34.6 Å². The third kappa shape index (κ3) is 9.17. The smallest absolute Gasteiger partial charge is 0.216 e. The summed E-state index contributed by atoms with van der Waals surface area (Å²) >= 11 is 0. The van der Waals surface area contributed by atoms with Crippen LogP contribution in [0.15, 0.2) is 15.6 Å². The van der Waals surface area contributed by atoms with E-state index in [0.717, 1.165) is 37.1 Å². The van der Waals surface area contributed by atoms with E-state index in [1.807, 2.05) is 0 Å². The summed E-state index contributed by atoms with van der Waals surface area (Å²) in [6.07, 6.45) is 4.17. The second kappa shape index (κ2) is 10.9. The van der Waals surface area contributed by atoms with Gasteiger partial charge >= 0.3 is 0 Å². The molecule has 1 rings (SSSR count). The van der Waals surface area contributed by atoms with E-state index in [2.05, 4.69) is 62.2 Å². The van der Waals surface area contributed by atoms with Crippen LogP contribution in [0.1, 0.15) is 66.0 Å². The SMILES string of the molecule is CCNC(=NCc1ncc(C(C)(C)C)o1)NCCCC(C)C.I. The Labute approximate surface area is 158 Å². The number of nitrogens with one attached hydrogen (secondary N) is 2. The molecule has 0 amide bonds. The Morgan fingerprint density at radius 1 is 1.30 bits per heavy atom. The number of rotatable bonds is 7. The Bertz CT molecular complexity index is 463. The molecule has 0 aliphatic heterocycles. The van der Waals surface area contributed by atoms with Crippen LogP contribution in [0, 0.1) is 5.92 Å². The highest BCUT2D eigenvalue weighted by molar-refractivity contribution is 14.0. The van der Waals surface area contributed by atoms with Gasteiger partial charge in [-0.2, -0.15) is 0 Å². The van der Waals surface area contributed by atoms with Crippen LogP contribution in [0.3, 0.4) is 0 Å². The average molecular weight is 436 g/mol. The minimum atomic E-state index is -0.0193. The maximum absolute atomic E-state index is 5.76. The Hall–Kier alpha value is -0.790. The fourth-order valence-electron chi connectivity index (χ4n) is 1.94.